The van der Waals surface area contributed by atoms with Crippen molar-refractivity contribution >= 4 is 0 Å². The molecule has 0 saturated heterocycles. The van der Waals surface area contributed by atoms with Crippen molar-refractivity contribution in [3.63, 3.8) is 0 Å². The quantitative estimate of drug-likeness (QED) is 0.169. The van der Waals surface area contributed by atoms with E-state index in [1.807, 2.05) is 55.5 Å². The molecule has 0 radical (unpaired) electrons. The highest BCUT2D eigenvalue weighted by atomic mass is 19.4. The van der Waals surface area contributed by atoms with Crippen LogP contribution in [0.25, 0.3) is 66.8 Å². The van der Waals surface area contributed by atoms with Crippen molar-refractivity contribution in [2.24, 2.45) is 0 Å². The summed E-state index contributed by atoms with van der Waals surface area (Å²) in [5, 5.41) is 0. The van der Waals surface area contributed by atoms with Gasteiger partial charge in [-0.25, -0.2) is 0 Å². The van der Waals surface area contributed by atoms with Gasteiger partial charge in [0, 0.05) is 0 Å². The maximum Gasteiger partial charge on any atom is 0.417 e. The lowest BCUT2D eigenvalue weighted by atomic mass is 9.82. The van der Waals surface area contributed by atoms with E-state index in [2.05, 4.69) is 92.7 Å². The van der Waals surface area contributed by atoms with Crippen molar-refractivity contribution in [1.29, 1.82) is 0 Å². The van der Waals surface area contributed by atoms with E-state index in [1.54, 1.807) is 18.2 Å². The van der Waals surface area contributed by atoms with E-state index in [-0.39, 0.29) is 5.56 Å². The molecule has 0 N–H and O–H groups in total. The molecule has 0 spiro atoms. The van der Waals surface area contributed by atoms with Crippen LogP contribution in [0.1, 0.15) is 22.3 Å². The Morgan fingerprint density at radius 3 is 1.20 bits per heavy atom. The third-order valence-corrected chi connectivity index (χ3v) is 9.38. The number of hydrogen-bond acceptors (Lipinski definition) is 0. The van der Waals surface area contributed by atoms with Crippen molar-refractivity contribution in [3.8, 4) is 66.8 Å². The first-order valence-electron chi connectivity index (χ1n) is 16.4. The zero-order chi connectivity index (χ0) is 34.1. The zero-order valence-electron chi connectivity index (χ0n) is 27.6. The van der Waals surface area contributed by atoms with Gasteiger partial charge in [0.05, 0.1) is 5.56 Å². The Morgan fingerprint density at radius 2 is 0.714 bits per heavy atom. The number of alkyl halides is 3. The molecule has 3 heteroatoms. The summed E-state index contributed by atoms with van der Waals surface area (Å²) >= 11 is 0. The van der Waals surface area contributed by atoms with Gasteiger partial charge >= 0.3 is 6.18 Å². The number of rotatable bonds is 6. The lowest BCUT2D eigenvalue weighted by Crippen LogP contribution is -2.07. The van der Waals surface area contributed by atoms with Gasteiger partial charge in [0.2, 0.25) is 0 Å². The molecule has 0 heterocycles. The van der Waals surface area contributed by atoms with Crippen LogP contribution in [0, 0.1) is 20.8 Å². The minimum absolute atomic E-state index is 0.168. The summed E-state index contributed by atoms with van der Waals surface area (Å²) in [7, 11) is 0. The summed E-state index contributed by atoms with van der Waals surface area (Å²) in [6.45, 7) is 6.30. The third kappa shape index (κ3) is 6.33. The number of benzene rings is 7. The Bertz CT molecular complexity index is 2280. The van der Waals surface area contributed by atoms with Crippen LogP contribution in [-0.2, 0) is 6.18 Å². The van der Waals surface area contributed by atoms with Crippen molar-refractivity contribution in [2.75, 3.05) is 0 Å². The SMILES string of the molecule is Cc1ccccc1-c1ccc(C)c(-c2cc(-c3ccccc3)c(-c3cc(-c4ccccc4C(F)(F)F)ccc3C)cc2-c2ccccc2)c1. The predicted octanol–water partition coefficient (Wildman–Crippen LogP) is 13.6. The van der Waals surface area contributed by atoms with Crippen LogP contribution in [0.4, 0.5) is 13.2 Å². The molecule has 7 aromatic rings. The molecular weight excluding hydrogens is 610 g/mol. The van der Waals surface area contributed by atoms with Crippen molar-refractivity contribution in [2.45, 2.75) is 26.9 Å². The molecule has 0 nitrogen and oxygen atoms in total. The lowest BCUT2D eigenvalue weighted by Gasteiger charge is -2.21. The first-order chi connectivity index (χ1) is 23.7. The second-order valence-corrected chi connectivity index (χ2v) is 12.6. The van der Waals surface area contributed by atoms with Gasteiger partial charge in [0.15, 0.2) is 0 Å². The molecule has 0 unspecified atom stereocenters. The van der Waals surface area contributed by atoms with Gasteiger partial charge in [-0.15, -0.1) is 0 Å². The summed E-state index contributed by atoms with van der Waals surface area (Å²) in [5.74, 6) is 0. The van der Waals surface area contributed by atoms with Crippen molar-refractivity contribution in [3.05, 3.63) is 180 Å². The summed E-state index contributed by atoms with van der Waals surface area (Å²) in [4.78, 5) is 0. The molecule has 7 aromatic carbocycles. The minimum Gasteiger partial charge on any atom is -0.166 e. The summed E-state index contributed by atoms with van der Waals surface area (Å²) in [6.07, 6.45) is -4.47. The monoisotopic (exact) mass is 644 g/mol. The Labute approximate surface area is 286 Å². The summed E-state index contributed by atoms with van der Waals surface area (Å²) in [5.41, 5.74) is 14.0. The van der Waals surface area contributed by atoms with Crippen molar-refractivity contribution in [1.82, 2.24) is 0 Å². The normalized spacial score (nSPS) is 11.5. The van der Waals surface area contributed by atoms with Crippen LogP contribution in [0.15, 0.2) is 158 Å². The minimum atomic E-state index is -4.47. The average Bonchev–Trinajstić information content (AvgIpc) is 3.12. The molecule has 0 bridgehead atoms. The third-order valence-electron chi connectivity index (χ3n) is 9.38. The number of hydrogen-bond donors (Lipinski definition) is 0. The fraction of sp³-hybridized carbons (Fsp3) is 0.0870. The van der Waals surface area contributed by atoms with Gasteiger partial charge < -0.3 is 0 Å². The van der Waals surface area contributed by atoms with Gasteiger partial charge in [-0.1, -0.05) is 127 Å². The van der Waals surface area contributed by atoms with Crippen LogP contribution in [-0.4, -0.2) is 0 Å². The standard InChI is InChI=1S/C46H35F3/c1-30-14-10-11-19-37(30)35-24-22-31(2)39(26-35)43-28-42(34-17-8-5-9-18-34)44(29-41(43)33-15-6-4-7-16-33)40-27-36(25-23-32(40)3)38-20-12-13-21-45(38)46(47,48)49/h4-29H,1-3H3. The van der Waals surface area contributed by atoms with Crippen LogP contribution < -0.4 is 0 Å². The fourth-order valence-electron chi connectivity index (χ4n) is 6.80. The Balaban J connectivity index is 1.53. The smallest absolute Gasteiger partial charge is 0.166 e. The highest BCUT2D eigenvalue weighted by Crippen LogP contribution is 2.46. The molecule has 7 rings (SSSR count). The zero-order valence-corrected chi connectivity index (χ0v) is 27.6. The molecule has 0 aliphatic carbocycles. The molecule has 0 aliphatic rings. The largest absolute Gasteiger partial charge is 0.417 e. The predicted molar refractivity (Wildman–Crippen MR) is 198 cm³/mol. The van der Waals surface area contributed by atoms with E-state index in [4.69, 9.17) is 0 Å². The summed E-state index contributed by atoms with van der Waals surface area (Å²) in [6, 6.07) is 51.6. The van der Waals surface area contributed by atoms with Crippen molar-refractivity contribution < 1.29 is 13.2 Å². The second-order valence-electron chi connectivity index (χ2n) is 12.6. The Hall–Kier alpha value is -5.67. The highest BCUT2D eigenvalue weighted by Gasteiger charge is 2.33. The van der Waals surface area contributed by atoms with Crippen LogP contribution >= 0.6 is 0 Å². The molecule has 0 amide bonds. The molecule has 240 valence electrons. The molecule has 49 heavy (non-hydrogen) atoms. The maximum atomic E-state index is 14.2. The van der Waals surface area contributed by atoms with Gasteiger partial charge in [-0.05, 0) is 135 Å². The fourth-order valence-corrected chi connectivity index (χ4v) is 6.80. The maximum absolute atomic E-state index is 14.2. The molecule has 0 atom stereocenters. The van der Waals surface area contributed by atoms with E-state index < -0.39 is 11.7 Å². The van der Waals surface area contributed by atoms with Gasteiger partial charge in [0.25, 0.3) is 0 Å². The highest BCUT2D eigenvalue weighted by molar-refractivity contribution is 5.97. The number of aryl methyl sites for hydroxylation is 3. The Morgan fingerprint density at radius 1 is 0.306 bits per heavy atom. The summed E-state index contributed by atoms with van der Waals surface area (Å²) < 4.78 is 42.5. The van der Waals surface area contributed by atoms with Gasteiger partial charge in [0.1, 0.15) is 0 Å². The van der Waals surface area contributed by atoms with Gasteiger partial charge in [-0.3, -0.25) is 0 Å². The van der Waals surface area contributed by atoms with Gasteiger partial charge in [-0.2, -0.15) is 13.2 Å². The first kappa shape index (κ1) is 31.9. The molecule has 0 aliphatic heterocycles. The second kappa shape index (κ2) is 13.1. The van der Waals surface area contributed by atoms with Crippen LogP contribution in [0.3, 0.4) is 0 Å². The van der Waals surface area contributed by atoms with E-state index in [1.165, 1.54) is 17.2 Å². The van der Waals surface area contributed by atoms with E-state index >= 15 is 0 Å². The molecule has 0 fully saturated rings. The van der Waals surface area contributed by atoms with E-state index in [0.717, 1.165) is 67.3 Å². The van der Waals surface area contributed by atoms with E-state index in [9.17, 15) is 13.2 Å². The van der Waals surface area contributed by atoms with Crippen LogP contribution in [0.5, 0.6) is 0 Å². The molecular formula is C46H35F3. The number of halogens is 3. The van der Waals surface area contributed by atoms with E-state index in [0.29, 0.717) is 5.56 Å². The topological polar surface area (TPSA) is 0 Å². The average molecular weight is 645 g/mol. The van der Waals surface area contributed by atoms with Crippen LogP contribution in [0.2, 0.25) is 0 Å². The first-order valence-corrected chi connectivity index (χ1v) is 16.4. The molecule has 0 aromatic heterocycles. The molecule has 0 saturated carbocycles. The lowest BCUT2D eigenvalue weighted by molar-refractivity contribution is -0.137. The Kier molecular flexibility index (Phi) is 8.52.